The predicted octanol–water partition coefficient (Wildman–Crippen LogP) is 0.0812. The van der Waals surface area contributed by atoms with Crippen LogP contribution in [0, 0.1) is 5.92 Å². The number of piperidine rings is 1. The molecule has 0 bridgehead atoms. The molecule has 3 atom stereocenters. The zero-order valence-corrected chi connectivity index (χ0v) is 14.5. The zero-order chi connectivity index (χ0) is 16.3. The van der Waals surface area contributed by atoms with Gasteiger partial charge in [0.05, 0.1) is 18.1 Å². The van der Waals surface area contributed by atoms with Gasteiger partial charge in [-0.05, 0) is 38.6 Å². The molecule has 2 saturated heterocycles. The molecule has 2 aliphatic rings. The largest absolute Gasteiger partial charge is 0.338 e. The molecule has 0 aromatic carbocycles. The van der Waals surface area contributed by atoms with Crippen LogP contribution < -0.4 is 5.73 Å². The molecule has 7 heteroatoms. The molecule has 2 fully saturated rings. The summed E-state index contributed by atoms with van der Waals surface area (Å²) in [6.45, 7) is 6.50. The second-order valence-corrected chi connectivity index (χ2v) is 8.86. The van der Waals surface area contributed by atoms with E-state index in [1.807, 2.05) is 6.92 Å². The van der Waals surface area contributed by atoms with Crippen LogP contribution in [0.1, 0.15) is 33.1 Å². The van der Waals surface area contributed by atoms with E-state index in [4.69, 9.17) is 5.73 Å². The van der Waals surface area contributed by atoms with Crippen LogP contribution in [0.3, 0.4) is 0 Å². The van der Waals surface area contributed by atoms with Gasteiger partial charge in [0, 0.05) is 25.2 Å². The van der Waals surface area contributed by atoms with E-state index in [1.165, 1.54) is 0 Å². The summed E-state index contributed by atoms with van der Waals surface area (Å²) in [5, 5.41) is 0. The molecule has 22 heavy (non-hydrogen) atoms. The number of hydrogen-bond donors (Lipinski definition) is 1. The lowest BCUT2D eigenvalue weighted by atomic mass is 9.91. The Morgan fingerprint density at radius 1 is 1.36 bits per heavy atom. The van der Waals surface area contributed by atoms with Crippen molar-refractivity contribution in [1.29, 1.82) is 0 Å². The van der Waals surface area contributed by atoms with Crippen molar-refractivity contribution in [2.75, 3.05) is 37.7 Å². The minimum absolute atomic E-state index is 0.0390. The van der Waals surface area contributed by atoms with Crippen molar-refractivity contribution in [3.63, 3.8) is 0 Å². The van der Waals surface area contributed by atoms with Gasteiger partial charge in [0.15, 0.2) is 9.84 Å². The highest BCUT2D eigenvalue weighted by atomic mass is 32.2. The van der Waals surface area contributed by atoms with Gasteiger partial charge in [-0.2, -0.15) is 0 Å². The summed E-state index contributed by atoms with van der Waals surface area (Å²) >= 11 is 0. The highest BCUT2D eigenvalue weighted by Gasteiger charge is 2.35. The van der Waals surface area contributed by atoms with Crippen molar-refractivity contribution in [3.05, 3.63) is 0 Å². The lowest BCUT2D eigenvalue weighted by molar-refractivity contribution is -0.135. The Morgan fingerprint density at radius 2 is 2.09 bits per heavy atom. The number of likely N-dealkylation sites (N-methyl/N-ethyl adjacent to an activating group) is 1. The third-order valence-electron chi connectivity index (χ3n) is 5.12. The number of rotatable bonds is 5. The predicted molar refractivity (Wildman–Crippen MR) is 87.3 cm³/mol. The molecule has 2 N–H and O–H groups in total. The summed E-state index contributed by atoms with van der Waals surface area (Å²) in [5.74, 6) is 0.863. The van der Waals surface area contributed by atoms with Crippen LogP contribution >= 0.6 is 0 Å². The van der Waals surface area contributed by atoms with Crippen LogP contribution in [0.5, 0.6) is 0 Å². The number of hydrogen-bond acceptors (Lipinski definition) is 5. The smallest absolute Gasteiger partial charge is 0.237 e. The summed E-state index contributed by atoms with van der Waals surface area (Å²) in [7, 11) is -2.97. The summed E-state index contributed by atoms with van der Waals surface area (Å²) in [6.07, 6.45) is 2.82. The molecule has 1 amide bonds. The van der Waals surface area contributed by atoms with E-state index in [9.17, 15) is 13.2 Å². The number of sulfone groups is 1. The van der Waals surface area contributed by atoms with Crippen molar-refractivity contribution in [2.45, 2.75) is 45.2 Å². The Labute approximate surface area is 133 Å². The Kier molecular flexibility index (Phi) is 5.85. The minimum Gasteiger partial charge on any atom is -0.338 e. The molecule has 0 aromatic heterocycles. The summed E-state index contributed by atoms with van der Waals surface area (Å²) in [5.41, 5.74) is 5.88. The minimum atomic E-state index is -2.97. The first-order chi connectivity index (χ1) is 10.4. The van der Waals surface area contributed by atoms with Gasteiger partial charge in [-0.1, -0.05) is 6.92 Å². The Morgan fingerprint density at radius 3 is 2.64 bits per heavy atom. The lowest BCUT2D eigenvalue weighted by Crippen LogP contribution is -2.53. The van der Waals surface area contributed by atoms with Crippen molar-refractivity contribution >= 4 is 15.7 Å². The second-order valence-electron chi connectivity index (χ2n) is 6.63. The molecule has 2 rings (SSSR count). The number of carbonyl (C=O) groups excluding carboxylic acids is 1. The van der Waals surface area contributed by atoms with Crippen LogP contribution in [0.25, 0.3) is 0 Å². The van der Waals surface area contributed by atoms with Crippen LogP contribution in [0.15, 0.2) is 0 Å². The maximum Gasteiger partial charge on any atom is 0.237 e. The number of amides is 1. The van der Waals surface area contributed by atoms with Gasteiger partial charge in [-0.3, -0.25) is 9.69 Å². The molecule has 6 nitrogen and oxygen atoms in total. The van der Waals surface area contributed by atoms with Gasteiger partial charge >= 0.3 is 0 Å². The summed E-state index contributed by atoms with van der Waals surface area (Å²) < 4.78 is 23.3. The first kappa shape index (κ1) is 17.7. The normalized spacial score (nSPS) is 32.0. The molecule has 2 aliphatic heterocycles. The SMILES string of the molecule is CCN(C(=O)CN1CCCC(C)C1CN)C1CCS(=O)(=O)C1. The fourth-order valence-corrected chi connectivity index (χ4v) is 5.57. The van der Waals surface area contributed by atoms with E-state index >= 15 is 0 Å². The topological polar surface area (TPSA) is 83.7 Å². The highest BCUT2D eigenvalue weighted by molar-refractivity contribution is 7.91. The molecule has 0 spiro atoms. The van der Waals surface area contributed by atoms with E-state index < -0.39 is 9.84 Å². The third kappa shape index (κ3) is 4.00. The number of likely N-dealkylation sites (tertiary alicyclic amines) is 1. The van der Waals surface area contributed by atoms with Crippen LogP contribution in [-0.4, -0.2) is 73.9 Å². The van der Waals surface area contributed by atoms with Crippen molar-refractivity contribution in [1.82, 2.24) is 9.80 Å². The summed E-state index contributed by atoms with van der Waals surface area (Å²) in [4.78, 5) is 16.6. The molecule has 128 valence electrons. The standard InChI is InChI=1S/C15H29N3O3S/c1-3-18(13-6-8-22(20,21)11-13)15(19)10-17-7-4-5-12(2)14(17)9-16/h12-14H,3-11,16H2,1-2H3. The number of carbonyl (C=O) groups is 1. The maximum atomic E-state index is 12.7. The van der Waals surface area contributed by atoms with Crippen molar-refractivity contribution < 1.29 is 13.2 Å². The third-order valence-corrected chi connectivity index (χ3v) is 6.87. The molecule has 2 heterocycles. The molecule has 0 saturated carbocycles. The molecule has 0 aliphatic carbocycles. The van der Waals surface area contributed by atoms with Crippen molar-refractivity contribution in [3.8, 4) is 0 Å². The molecule has 0 radical (unpaired) electrons. The van der Waals surface area contributed by atoms with Crippen LogP contribution in [-0.2, 0) is 14.6 Å². The van der Waals surface area contributed by atoms with Gasteiger partial charge in [-0.25, -0.2) is 8.42 Å². The monoisotopic (exact) mass is 331 g/mol. The van der Waals surface area contributed by atoms with Gasteiger partial charge in [0.25, 0.3) is 0 Å². The van der Waals surface area contributed by atoms with Gasteiger partial charge in [-0.15, -0.1) is 0 Å². The van der Waals surface area contributed by atoms with Crippen LogP contribution in [0.2, 0.25) is 0 Å². The van der Waals surface area contributed by atoms with E-state index in [2.05, 4.69) is 11.8 Å². The maximum absolute atomic E-state index is 12.7. The Bertz CT molecular complexity index is 494. The lowest BCUT2D eigenvalue weighted by Gasteiger charge is -2.40. The summed E-state index contributed by atoms with van der Waals surface area (Å²) in [6, 6.07) is 0.102. The Hall–Kier alpha value is -0.660. The van der Waals surface area contributed by atoms with E-state index in [1.54, 1.807) is 4.90 Å². The van der Waals surface area contributed by atoms with Crippen molar-refractivity contribution in [2.24, 2.45) is 11.7 Å². The zero-order valence-electron chi connectivity index (χ0n) is 13.7. The molecular weight excluding hydrogens is 302 g/mol. The number of nitrogens with two attached hydrogens (primary N) is 1. The van der Waals surface area contributed by atoms with Gasteiger partial charge < -0.3 is 10.6 Å². The van der Waals surface area contributed by atoms with E-state index in [0.29, 0.717) is 32.0 Å². The van der Waals surface area contributed by atoms with E-state index in [0.717, 1.165) is 19.4 Å². The van der Waals surface area contributed by atoms with Gasteiger partial charge in [0.1, 0.15) is 0 Å². The van der Waals surface area contributed by atoms with Gasteiger partial charge in [0.2, 0.25) is 5.91 Å². The fraction of sp³-hybridized carbons (Fsp3) is 0.933. The second kappa shape index (κ2) is 7.27. The fourth-order valence-electron chi connectivity index (χ4n) is 3.84. The quantitative estimate of drug-likeness (QED) is 0.771. The first-order valence-electron chi connectivity index (χ1n) is 8.32. The highest BCUT2D eigenvalue weighted by Crippen LogP contribution is 2.23. The molecule has 0 aromatic rings. The average Bonchev–Trinajstić information content (AvgIpc) is 2.80. The Balaban J connectivity index is 2.00. The average molecular weight is 331 g/mol. The first-order valence-corrected chi connectivity index (χ1v) is 10.1. The molecular formula is C15H29N3O3S. The molecule has 3 unspecified atom stereocenters. The van der Waals surface area contributed by atoms with Crippen LogP contribution in [0.4, 0.5) is 0 Å². The van der Waals surface area contributed by atoms with E-state index in [-0.39, 0.29) is 29.5 Å². The number of nitrogens with zero attached hydrogens (tertiary/aromatic N) is 2.